The average molecular weight is 370 g/mol. The van der Waals surface area contributed by atoms with Gasteiger partial charge in [0.05, 0.1) is 5.69 Å². The lowest BCUT2D eigenvalue weighted by Crippen LogP contribution is -2.07. The topological polar surface area (TPSA) is 52.3 Å². The van der Waals surface area contributed by atoms with Crippen molar-refractivity contribution < 1.29 is 17.9 Å². The molecule has 5 nitrogen and oxygen atoms in total. The number of alkyl halides is 3. The summed E-state index contributed by atoms with van der Waals surface area (Å²) >= 11 is 0. The van der Waals surface area contributed by atoms with Crippen molar-refractivity contribution in [3.8, 4) is 17.0 Å². The molecule has 4 rings (SSSR count). The third kappa shape index (κ3) is 3.59. The number of halogens is 3. The van der Waals surface area contributed by atoms with Gasteiger partial charge in [-0.05, 0) is 35.9 Å². The second-order valence-electron chi connectivity index (χ2n) is 5.77. The molecule has 2 aromatic carbocycles. The number of rotatable bonds is 4. The number of hydrogen-bond acceptors (Lipinski definition) is 4. The molecule has 0 fully saturated rings. The van der Waals surface area contributed by atoms with E-state index in [1.54, 1.807) is 30.3 Å². The highest BCUT2D eigenvalue weighted by Crippen LogP contribution is 2.28. The van der Waals surface area contributed by atoms with Crippen LogP contribution in [-0.2, 0) is 12.8 Å². The van der Waals surface area contributed by atoms with E-state index in [0.29, 0.717) is 23.6 Å². The van der Waals surface area contributed by atoms with Crippen molar-refractivity contribution in [2.45, 2.75) is 12.8 Å². The van der Waals surface area contributed by atoms with Gasteiger partial charge in [0.2, 0.25) is 0 Å². The molecule has 0 bridgehead atoms. The molecule has 0 saturated heterocycles. The number of hydrogen-bond donors (Lipinski definition) is 0. The maximum Gasteiger partial charge on any atom is 0.453 e. The van der Waals surface area contributed by atoms with Crippen molar-refractivity contribution in [3.63, 3.8) is 0 Å². The minimum absolute atomic E-state index is 0.107. The Morgan fingerprint density at radius 1 is 0.926 bits per heavy atom. The largest absolute Gasteiger partial charge is 0.489 e. The van der Waals surface area contributed by atoms with E-state index in [0.717, 1.165) is 10.1 Å². The second kappa shape index (κ2) is 6.71. The van der Waals surface area contributed by atoms with Crippen LogP contribution in [-0.4, -0.2) is 19.6 Å². The van der Waals surface area contributed by atoms with Crippen molar-refractivity contribution in [1.82, 2.24) is 19.6 Å². The van der Waals surface area contributed by atoms with E-state index < -0.39 is 12.0 Å². The van der Waals surface area contributed by atoms with Crippen LogP contribution in [0.15, 0.2) is 66.9 Å². The van der Waals surface area contributed by atoms with E-state index in [2.05, 4.69) is 15.1 Å². The van der Waals surface area contributed by atoms with Crippen LogP contribution in [0.3, 0.4) is 0 Å². The van der Waals surface area contributed by atoms with E-state index in [-0.39, 0.29) is 5.78 Å². The Morgan fingerprint density at radius 3 is 2.37 bits per heavy atom. The van der Waals surface area contributed by atoms with Gasteiger partial charge in [0, 0.05) is 11.8 Å². The summed E-state index contributed by atoms with van der Waals surface area (Å²) in [5, 5.41) is 3.55. The molecule has 4 aromatic rings. The Labute approximate surface area is 152 Å². The fraction of sp³-hybridized carbons (Fsp3) is 0.105. The molecule has 2 heterocycles. The molecule has 0 aliphatic rings. The molecule has 0 atom stereocenters. The van der Waals surface area contributed by atoms with E-state index in [1.165, 1.54) is 6.20 Å². The van der Waals surface area contributed by atoms with E-state index in [1.807, 2.05) is 30.3 Å². The van der Waals surface area contributed by atoms with Gasteiger partial charge in [-0.1, -0.05) is 30.3 Å². The molecule has 8 heteroatoms. The predicted molar refractivity (Wildman–Crippen MR) is 92.0 cm³/mol. The first-order chi connectivity index (χ1) is 13.0. The molecular formula is C19H13F3N4O. The maximum atomic E-state index is 12.9. The standard InChI is InChI=1S/C19H13F3N4O/c20-19(21,22)17-24-18-23-11-10-16(26(18)25-17)14-6-8-15(9-7-14)27-12-13-4-2-1-3-5-13/h1-11H,12H2. The summed E-state index contributed by atoms with van der Waals surface area (Å²) in [7, 11) is 0. The van der Waals surface area contributed by atoms with Crippen LogP contribution in [0.2, 0.25) is 0 Å². The van der Waals surface area contributed by atoms with E-state index in [9.17, 15) is 13.2 Å². The second-order valence-corrected chi connectivity index (χ2v) is 5.77. The van der Waals surface area contributed by atoms with Crippen LogP contribution in [0.5, 0.6) is 5.75 Å². The molecule has 0 saturated carbocycles. The fourth-order valence-corrected chi connectivity index (χ4v) is 2.60. The Bertz CT molecular complexity index is 1060. The molecule has 136 valence electrons. The van der Waals surface area contributed by atoms with Gasteiger partial charge in [0.15, 0.2) is 0 Å². The Morgan fingerprint density at radius 2 is 1.67 bits per heavy atom. The predicted octanol–water partition coefficient (Wildman–Crippen LogP) is 4.39. The molecule has 0 spiro atoms. The molecule has 27 heavy (non-hydrogen) atoms. The molecule has 0 aliphatic carbocycles. The van der Waals surface area contributed by atoms with Crippen molar-refractivity contribution in [2.75, 3.05) is 0 Å². The third-order valence-corrected chi connectivity index (χ3v) is 3.89. The summed E-state index contributed by atoms with van der Waals surface area (Å²) < 4.78 is 45.4. The lowest BCUT2D eigenvalue weighted by Gasteiger charge is -2.08. The lowest BCUT2D eigenvalue weighted by molar-refractivity contribution is -0.144. The van der Waals surface area contributed by atoms with Crippen LogP contribution >= 0.6 is 0 Å². The summed E-state index contributed by atoms with van der Waals surface area (Å²) in [4.78, 5) is 7.29. The van der Waals surface area contributed by atoms with Crippen LogP contribution < -0.4 is 4.74 Å². The molecule has 2 aromatic heterocycles. The first kappa shape index (κ1) is 17.0. The SMILES string of the molecule is FC(F)(F)c1nc2nccc(-c3ccc(OCc4ccccc4)cc3)n2n1. The van der Waals surface area contributed by atoms with Crippen molar-refractivity contribution in [1.29, 1.82) is 0 Å². The smallest absolute Gasteiger partial charge is 0.453 e. The van der Waals surface area contributed by atoms with Gasteiger partial charge in [0.25, 0.3) is 11.6 Å². The molecule has 0 unspecified atom stereocenters. The summed E-state index contributed by atoms with van der Waals surface area (Å²) in [6.07, 6.45) is -3.22. The highest BCUT2D eigenvalue weighted by Gasteiger charge is 2.36. The van der Waals surface area contributed by atoms with Crippen LogP contribution in [0, 0.1) is 0 Å². The highest BCUT2D eigenvalue weighted by molar-refractivity contribution is 5.62. The van der Waals surface area contributed by atoms with Gasteiger partial charge in [-0.3, -0.25) is 0 Å². The summed E-state index contributed by atoms with van der Waals surface area (Å²) in [5.74, 6) is -0.669. The summed E-state index contributed by atoms with van der Waals surface area (Å²) in [6, 6.07) is 18.3. The molecular weight excluding hydrogens is 357 g/mol. The summed E-state index contributed by atoms with van der Waals surface area (Å²) in [6.45, 7) is 0.428. The molecule has 0 aliphatic heterocycles. The van der Waals surface area contributed by atoms with Gasteiger partial charge in [-0.25, -0.2) is 4.98 Å². The minimum Gasteiger partial charge on any atom is -0.489 e. The van der Waals surface area contributed by atoms with Gasteiger partial charge in [-0.2, -0.15) is 22.7 Å². The number of ether oxygens (including phenoxy) is 1. The zero-order chi connectivity index (χ0) is 18.9. The zero-order valence-corrected chi connectivity index (χ0v) is 13.9. The van der Waals surface area contributed by atoms with Crippen molar-refractivity contribution in [2.24, 2.45) is 0 Å². The van der Waals surface area contributed by atoms with Crippen LogP contribution in [0.25, 0.3) is 17.0 Å². The number of fused-ring (bicyclic) bond motifs is 1. The third-order valence-electron chi connectivity index (χ3n) is 3.89. The van der Waals surface area contributed by atoms with Crippen molar-refractivity contribution in [3.05, 3.63) is 78.2 Å². The average Bonchev–Trinajstić information content (AvgIpc) is 3.13. The number of nitrogens with zero attached hydrogens (tertiary/aromatic N) is 4. The fourth-order valence-electron chi connectivity index (χ4n) is 2.60. The highest BCUT2D eigenvalue weighted by atomic mass is 19.4. The normalized spacial score (nSPS) is 11.7. The molecule has 0 amide bonds. The number of benzene rings is 2. The van der Waals surface area contributed by atoms with Crippen molar-refractivity contribution >= 4 is 5.78 Å². The van der Waals surface area contributed by atoms with Gasteiger partial charge >= 0.3 is 6.18 Å². The quantitative estimate of drug-likeness (QED) is 0.535. The van der Waals surface area contributed by atoms with Crippen LogP contribution in [0.4, 0.5) is 13.2 Å². The monoisotopic (exact) mass is 370 g/mol. The minimum atomic E-state index is -4.62. The summed E-state index contributed by atoms with van der Waals surface area (Å²) in [5.41, 5.74) is 2.17. The Hall–Kier alpha value is -3.42. The van der Waals surface area contributed by atoms with Gasteiger partial charge < -0.3 is 4.74 Å². The maximum absolute atomic E-state index is 12.9. The molecule has 0 radical (unpaired) electrons. The lowest BCUT2D eigenvalue weighted by atomic mass is 10.1. The van der Waals surface area contributed by atoms with E-state index >= 15 is 0 Å². The first-order valence-corrected chi connectivity index (χ1v) is 8.07. The number of aromatic nitrogens is 4. The van der Waals surface area contributed by atoms with Gasteiger partial charge in [-0.15, -0.1) is 5.10 Å². The van der Waals surface area contributed by atoms with Crippen LogP contribution in [0.1, 0.15) is 11.4 Å². The first-order valence-electron chi connectivity index (χ1n) is 8.07. The Kier molecular flexibility index (Phi) is 4.23. The van der Waals surface area contributed by atoms with E-state index in [4.69, 9.17) is 4.74 Å². The van der Waals surface area contributed by atoms with Gasteiger partial charge in [0.1, 0.15) is 12.4 Å². The zero-order valence-electron chi connectivity index (χ0n) is 13.9. The molecule has 0 N–H and O–H groups in total. The Balaban J connectivity index is 1.59.